The molecule has 0 aliphatic heterocycles. The Labute approximate surface area is 160 Å². The zero-order valence-electron chi connectivity index (χ0n) is 14.7. The maximum Gasteiger partial charge on any atom is 0.340 e. The normalized spacial score (nSPS) is 19.0. The summed E-state index contributed by atoms with van der Waals surface area (Å²) in [6.07, 6.45) is 4.03. The molecule has 2 N–H and O–H groups in total. The minimum absolute atomic E-state index is 0.00742. The highest BCUT2D eigenvalue weighted by Gasteiger charge is 2.24. The lowest BCUT2D eigenvalue weighted by Crippen LogP contribution is -2.48. The van der Waals surface area contributed by atoms with Gasteiger partial charge in [-0.2, -0.15) is 0 Å². The van der Waals surface area contributed by atoms with Crippen molar-refractivity contribution in [1.82, 2.24) is 10.6 Å². The Bertz CT molecular complexity index is 754. The molecule has 9 nitrogen and oxygen atoms in total. The second kappa shape index (κ2) is 9.31. The van der Waals surface area contributed by atoms with E-state index in [1.54, 1.807) is 0 Å². The predicted octanol–water partition coefficient (Wildman–Crippen LogP) is 2.81. The van der Waals surface area contributed by atoms with Crippen LogP contribution < -0.4 is 10.6 Å². The molecule has 3 amide bonds. The van der Waals surface area contributed by atoms with E-state index in [1.807, 2.05) is 6.92 Å². The van der Waals surface area contributed by atoms with Crippen molar-refractivity contribution in [3.63, 3.8) is 0 Å². The van der Waals surface area contributed by atoms with Crippen molar-refractivity contribution in [2.24, 2.45) is 5.92 Å². The first-order valence-electron chi connectivity index (χ1n) is 8.49. The summed E-state index contributed by atoms with van der Waals surface area (Å²) in [5.41, 5.74) is -0.390. The fraction of sp³-hybridized carbons (Fsp3) is 0.471. The number of nitro groups is 1. The van der Waals surface area contributed by atoms with E-state index in [2.05, 4.69) is 10.6 Å². The van der Waals surface area contributed by atoms with Gasteiger partial charge in [0.05, 0.1) is 15.5 Å². The van der Waals surface area contributed by atoms with Crippen molar-refractivity contribution >= 4 is 35.2 Å². The molecule has 1 aromatic carbocycles. The van der Waals surface area contributed by atoms with E-state index in [-0.39, 0.29) is 22.3 Å². The quantitative estimate of drug-likeness (QED) is 0.446. The number of ether oxygens (including phenoxy) is 1. The molecule has 0 saturated heterocycles. The lowest BCUT2D eigenvalue weighted by molar-refractivity contribution is -0.384. The highest BCUT2D eigenvalue weighted by Crippen LogP contribution is 2.24. The van der Waals surface area contributed by atoms with Gasteiger partial charge in [0.1, 0.15) is 0 Å². The van der Waals surface area contributed by atoms with Gasteiger partial charge in [0.2, 0.25) is 0 Å². The van der Waals surface area contributed by atoms with Gasteiger partial charge in [0.25, 0.3) is 11.6 Å². The number of carbonyl (C=O) groups excluding carboxylic acids is 3. The van der Waals surface area contributed by atoms with Crippen molar-refractivity contribution < 1.29 is 24.0 Å². The first-order chi connectivity index (χ1) is 12.8. The topological polar surface area (TPSA) is 128 Å². The Morgan fingerprint density at radius 2 is 2.00 bits per heavy atom. The third-order valence-corrected chi connectivity index (χ3v) is 4.71. The van der Waals surface area contributed by atoms with Crippen LogP contribution in [0.25, 0.3) is 0 Å². The average molecular weight is 398 g/mol. The third-order valence-electron chi connectivity index (χ3n) is 4.40. The van der Waals surface area contributed by atoms with Crippen LogP contribution in [-0.4, -0.2) is 35.5 Å². The summed E-state index contributed by atoms with van der Waals surface area (Å²) >= 11 is 5.82. The van der Waals surface area contributed by atoms with Gasteiger partial charge < -0.3 is 10.1 Å². The first-order valence-corrected chi connectivity index (χ1v) is 8.87. The molecule has 1 aromatic rings. The Morgan fingerprint density at radius 3 is 2.63 bits per heavy atom. The Kier molecular flexibility index (Phi) is 7.12. The van der Waals surface area contributed by atoms with Gasteiger partial charge in [-0.15, -0.1) is 0 Å². The van der Waals surface area contributed by atoms with Crippen LogP contribution in [0.3, 0.4) is 0 Å². The molecule has 0 aromatic heterocycles. The number of rotatable bonds is 5. The average Bonchev–Trinajstić information content (AvgIpc) is 2.61. The molecule has 0 heterocycles. The number of benzene rings is 1. The summed E-state index contributed by atoms with van der Waals surface area (Å²) in [5, 5.41) is 15.3. The van der Waals surface area contributed by atoms with Gasteiger partial charge in [-0.25, -0.2) is 9.59 Å². The number of urea groups is 1. The van der Waals surface area contributed by atoms with Crippen molar-refractivity contribution in [2.75, 3.05) is 6.61 Å². The third kappa shape index (κ3) is 5.92. The molecule has 146 valence electrons. The second-order valence-corrected chi connectivity index (χ2v) is 6.79. The highest BCUT2D eigenvalue weighted by atomic mass is 35.5. The summed E-state index contributed by atoms with van der Waals surface area (Å²) in [5.74, 6) is -1.38. The molecule has 1 fully saturated rings. The van der Waals surface area contributed by atoms with Crippen molar-refractivity contribution in [3.8, 4) is 0 Å². The van der Waals surface area contributed by atoms with E-state index >= 15 is 0 Å². The monoisotopic (exact) mass is 397 g/mol. The van der Waals surface area contributed by atoms with E-state index in [4.69, 9.17) is 16.3 Å². The Balaban J connectivity index is 1.81. The molecule has 0 unspecified atom stereocenters. The van der Waals surface area contributed by atoms with Crippen LogP contribution in [0.2, 0.25) is 5.02 Å². The van der Waals surface area contributed by atoms with Gasteiger partial charge in [-0.3, -0.25) is 20.2 Å². The fourth-order valence-electron chi connectivity index (χ4n) is 2.89. The van der Waals surface area contributed by atoms with E-state index in [0.29, 0.717) is 5.92 Å². The number of non-ortho nitro benzene ring substituents is 1. The maximum absolute atomic E-state index is 11.9. The zero-order valence-corrected chi connectivity index (χ0v) is 15.5. The van der Waals surface area contributed by atoms with Gasteiger partial charge in [0, 0.05) is 18.2 Å². The van der Waals surface area contributed by atoms with Gasteiger partial charge in [0.15, 0.2) is 6.61 Å². The number of nitrogens with zero attached hydrogens (tertiary/aromatic N) is 1. The smallest absolute Gasteiger partial charge is 0.340 e. The molecule has 10 heteroatoms. The lowest BCUT2D eigenvalue weighted by atomic mass is 9.86. The predicted molar refractivity (Wildman–Crippen MR) is 96.5 cm³/mol. The minimum atomic E-state index is -0.925. The summed E-state index contributed by atoms with van der Waals surface area (Å²) < 4.78 is 4.80. The Morgan fingerprint density at radius 1 is 1.30 bits per heavy atom. The van der Waals surface area contributed by atoms with E-state index in [1.165, 1.54) is 0 Å². The van der Waals surface area contributed by atoms with Crippen LogP contribution in [0.4, 0.5) is 10.5 Å². The van der Waals surface area contributed by atoms with E-state index in [9.17, 15) is 24.5 Å². The summed E-state index contributed by atoms with van der Waals surface area (Å²) in [7, 11) is 0. The first kappa shape index (κ1) is 20.6. The van der Waals surface area contributed by atoms with E-state index < -0.39 is 29.4 Å². The van der Waals surface area contributed by atoms with Crippen LogP contribution in [-0.2, 0) is 9.53 Å². The minimum Gasteiger partial charge on any atom is -0.452 e. The molecule has 1 aliphatic carbocycles. The number of esters is 1. The van der Waals surface area contributed by atoms with Gasteiger partial charge in [-0.1, -0.05) is 31.4 Å². The van der Waals surface area contributed by atoms with Crippen LogP contribution in [0.1, 0.15) is 43.0 Å². The maximum atomic E-state index is 11.9. The molecular formula is C17H20ClN3O6. The van der Waals surface area contributed by atoms with Crippen LogP contribution in [0, 0.1) is 16.0 Å². The van der Waals surface area contributed by atoms with Crippen molar-refractivity contribution in [1.29, 1.82) is 0 Å². The number of hydrogen-bond donors (Lipinski definition) is 2. The number of amides is 3. The molecule has 27 heavy (non-hydrogen) atoms. The van der Waals surface area contributed by atoms with Gasteiger partial charge >= 0.3 is 12.0 Å². The molecule has 2 atom stereocenters. The molecular weight excluding hydrogens is 378 g/mol. The van der Waals surface area contributed by atoms with Crippen LogP contribution >= 0.6 is 11.6 Å². The number of nitrogens with one attached hydrogen (secondary N) is 2. The molecule has 0 radical (unpaired) electrons. The summed E-state index contributed by atoms with van der Waals surface area (Å²) in [6.45, 7) is 1.36. The van der Waals surface area contributed by atoms with Crippen LogP contribution in [0.15, 0.2) is 18.2 Å². The highest BCUT2D eigenvalue weighted by molar-refractivity contribution is 6.33. The second-order valence-electron chi connectivity index (χ2n) is 6.39. The number of nitro benzene ring substituents is 1. The van der Waals surface area contributed by atoms with Crippen LogP contribution in [0.5, 0.6) is 0 Å². The molecule has 1 aliphatic rings. The van der Waals surface area contributed by atoms with Crippen molar-refractivity contribution in [2.45, 2.75) is 38.6 Å². The molecule has 1 saturated carbocycles. The molecule has 0 bridgehead atoms. The number of carbonyl (C=O) groups is 3. The van der Waals surface area contributed by atoms with E-state index in [0.717, 1.165) is 43.9 Å². The Hall–Kier alpha value is -2.68. The zero-order chi connectivity index (χ0) is 20.0. The van der Waals surface area contributed by atoms with Gasteiger partial charge in [-0.05, 0) is 24.8 Å². The summed E-state index contributed by atoms with van der Waals surface area (Å²) in [4.78, 5) is 45.6. The largest absolute Gasteiger partial charge is 0.452 e. The molecule has 2 rings (SSSR count). The fourth-order valence-corrected chi connectivity index (χ4v) is 3.14. The number of halogens is 1. The number of imide groups is 1. The molecule has 0 spiro atoms. The SMILES string of the molecule is C[C@@H]1CCCC[C@H]1NC(=O)NC(=O)COC(=O)c1ccc([N+](=O)[O-])cc1Cl. The number of hydrogen-bond acceptors (Lipinski definition) is 6. The van der Waals surface area contributed by atoms with Crippen molar-refractivity contribution in [3.05, 3.63) is 38.9 Å². The lowest BCUT2D eigenvalue weighted by Gasteiger charge is -2.29. The standard InChI is InChI=1S/C17H20ClN3O6/c1-10-4-2-3-5-14(10)19-17(24)20-15(22)9-27-16(23)12-7-6-11(21(25)26)8-13(12)18/h6-8,10,14H,2-5,9H2,1H3,(H2,19,20,22,24)/t10-,14-/m1/s1. The summed E-state index contributed by atoms with van der Waals surface area (Å²) in [6, 6.07) is 2.62.